The highest BCUT2D eigenvalue weighted by molar-refractivity contribution is 7.99. The van der Waals surface area contributed by atoms with Crippen molar-refractivity contribution in [2.75, 3.05) is 5.75 Å². The van der Waals surface area contributed by atoms with Gasteiger partial charge in [-0.05, 0) is 12.5 Å². The van der Waals surface area contributed by atoms with Crippen LogP contribution >= 0.6 is 11.8 Å². The SMILES string of the molecule is O=C1NC(=O)[C@]2(CCSc3ccccc32)N1. The van der Waals surface area contributed by atoms with Gasteiger partial charge < -0.3 is 5.32 Å². The van der Waals surface area contributed by atoms with E-state index in [4.69, 9.17) is 0 Å². The van der Waals surface area contributed by atoms with E-state index in [1.54, 1.807) is 11.8 Å². The fraction of sp³-hybridized carbons (Fsp3) is 0.273. The summed E-state index contributed by atoms with van der Waals surface area (Å²) in [5, 5.41) is 5.08. The number of hydrogen-bond acceptors (Lipinski definition) is 3. The molecule has 5 heteroatoms. The minimum atomic E-state index is -0.834. The second-order valence-electron chi connectivity index (χ2n) is 3.91. The molecule has 0 radical (unpaired) electrons. The fourth-order valence-corrected chi connectivity index (χ4v) is 3.45. The zero-order valence-corrected chi connectivity index (χ0v) is 9.26. The molecule has 0 aliphatic carbocycles. The summed E-state index contributed by atoms with van der Waals surface area (Å²) >= 11 is 1.72. The standard InChI is InChI=1S/C11H10N2O2S/c14-9-11(13-10(15)12-9)5-6-16-8-4-2-1-3-7(8)11/h1-4H,5-6H2,(H2,12,13,14,15)/t11-/m1/s1. The van der Waals surface area contributed by atoms with Gasteiger partial charge >= 0.3 is 6.03 Å². The molecule has 82 valence electrons. The monoisotopic (exact) mass is 234 g/mol. The summed E-state index contributed by atoms with van der Waals surface area (Å²) in [7, 11) is 0. The van der Waals surface area contributed by atoms with Crippen molar-refractivity contribution in [3.8, 4) is 0 Å². The summed E-state index contributed by atoms with van der Waals surface area (Å²) in [4.78, 5) is 24.3. The molecule has 1 saturated heterocycles. The number of carbonyl (C=O) groups is 2. The van der Waals surface area contributed by atoms with E-state index in [0.717, 1.165) is 16.2 Å². The molecule has 4 nitrogen and oxygen atoms in total. The number of nitrogens with one attached hydrogen (secondary N) is 2. The lowest BCUT2D eigenvalue weighted by molar-refractivity contribution is -0.124. The first-order chi connectivity index (χ1) is 7.72. The molecule has 16 heavy (non-hydrogen) atoms. The van der Waals surface area contributed by atoms with Crippen LogP contribution in [0.4, 0.5) is 4.79 Å². The van der Waals surface area contributed by atoms with Gasteiger partial charge in [-0.2, -0.15) is 0 Å². The van der Waals surface area contributed by atoms with Crippen LogP contribution in [0, 0.1) is 0 Å². The third-order valence-corrected chi connectivity index (χ3v) is 4.10. The van der Waals surface area contributed by atoms with Gasteiger partial charge in [-0.15, -0.1) is 11.8 Å². The van der Waals surface area contributed by atoms with Gasteiger partial charge in [0.15, 0.2) is 0 Å². The van der Waals surface area contributed by atoms with Crippen LogP contribution in [0.3, 0.4) is 0 Å². The molecule has 0 unspecified atom stereocenters. The summed E-state index contributed by atoms with van der Waals surface area (Å²) in [5.41, 5.74) is 0.0773. The van der Waals surface area contributed by atoms with Crippen molar-refractivity contribution in [3.05, 3.63) is 29.8 Å². The van der Waals surface area contributed by atoms with Crippen LogP contribution in [0.5, 0.6) is 0 Å². The Morgan fingerprint density at radius 2 is 2.06 bits per heavy atom. The van der Waals surface area contributed by atoms with Gasteiger partial charge in [0, 0.05) is 16.2 Å². The van der Waals surface area contributed by atoms with Crippen LogP contribution in [0.15, 0.2) is 29.2 Å². The number of carbonyl (C=O) groups excluding carboxylic acids is 2. The number of urea groups is 1. The molecule has 1 aromatic rings. The Morgan fingerprint density at radius 3 is 2.81 bits per heavy atom. The molecule has 0 saturated carbocycles. The average molecular weight is 234 g/mol. The highest BCUT2D eigenvalue weighted by Gasteiger charge is 2.49. The third-order valence-electron chi connectivity index (χ3n) is 3.02. The van der Waals surface area contributed by atoms with Gasteiger partial charge in [0.1, 0.15) is 5.54 Å². The van der Waals surface area contributed by atoms with Gasteiger partial charge in [0.2, 0.25) is 0 Å². The lowest BCUT2D eigenvalue weighted by Gasteiger charge is -2.32. The number of thioether (sulfide) groups is 1. The fourth-order valence-electron chi connectivity index (χ4n) is 2.25. The maximum Gasteiger partial charge on any atom is 0.322 e. The largest absolute Gasteiger partial charge is 0.322 e. The molecule has 2 aliphatic heterocycles. The molecule has 1 aromatic carbocycles. The quantitative estimate of drug-likeness (QED) is 0.663. The maximum absolute atomic E-state index is 11.9. The third kappa shape index (κ3) is 1.18. The van der Waals surface area contributed by atoms with Gasteiger partial charge in [-0.25, -0.2) is 4.79 Å². The minimum absolute atomic E-state index is 0.231. The summed E-state index contributed by atoms with van der Waals surface area (Å²) in [5.74, 6) is 0.607. The Hall–Kier alpha value is -1.49. The molecular weight excluding hydrogens is 224 g/mol. The lowest BCUT2D eigenvalue weighted by atomic mass is 9.87. The van der Waals surface area contributed by atoms with E-state index in [-0.39, 0.29) is 5.91 Å². The van der Waals surface area contributed by atoms with E-state index in [2.05, 4.69) is 10.6 Å². The molecular formula is C11H10N2O2S. The van der Waals surface area contributed by atoms with Crippen LogP contribution < -0.4 is 10.6 Å². The average Bonchev–Trinajstić information content (AvgIpc) is 2.55. The van der Waals surface area contributed by atoms with Crippen molar-refractivity contribution in [1.82, 2.24) is 10.6 Å². The number of rotatable bonds is 0. The molecule has 3 amide bonds. The highest BCUT2D eigenvalue weighted by Crippen LogP contribution is 2.41. The van der Waals surface area contributed by atoms with E-state index in [1.807, 2.05) is 24.3 Å². The molecule has 1 spiro atoms. The zero-order chi connectivity index (χ0) is 11.2. The van der Waals surface area contributed by atoms with Crippen molar-refractivity contribution in [2.24, 2.45) is 0 Å². The molecule has 0 bridgehead atoms. The van der Waals surface area contributed by atoms with E-state index < -0.39 is 11.6 Å². The molecule has 2 aliphatic rings. The summed E-state index contributed by atoms with van der Waals surface area (Å²) in [6.45, 7) is 0. The Labute approximate surface area is 96.8 Å². The summed E-state index contributed by atoms with van der Waals surface area (Å²) < 4.78 is 0. The Bertz CT molecular complexity index is 489. The summed E-state index contributed by atoms with van der Waals surface area (Å²) in [6.07, 6.45) is 0.645. The number of amides is 3. The van der Waals surface area contributed by atoms with Crippen LogP contribution in [-0.4, -0.2) is 17.7 Å². The molecule has 3 rings (SSSR count). The van der Waals surface area contributed by atoms with E-state index in [9.17, 15) is 9.59 Å². The van der Waals surface area contributed by atoms with Gasteiger partial charge in [-0.3, -0.25) is 10.1 Å². The van der Waals surface area contributed by atoms with Gasteiger partial charge in [0.25, 0.3) is 5.91 Å². The van der Waals surface area contributed by atoms with Crippen molar-refractivity contribution < 1.29 is 9.59 Å². The molecule has 1 fully saturated rings. The molecule has 1 atom stereocenters. The van der Waals surface area contributed by atoms with Crippen molar-refractivity contribution in [1.29, 1.82) is 0 Å². The van der Waals surface area contributed by atoms with Crippen molar-refractivity contribution in [2.45, 2.75) is 16.9 Å². The smallest absolute Gasteiger partial charge is 0.319 e. The molecule has 2 heterocycles. The maximum atomic E-state index is 11.9. The van der Waals surface area contributed by atoms with E-state index in [0.29, 0.717) is 6.42 Å². The van der Waals surface area contributed by atoms with Crippen molar-refractivity contribution >= 4 is 23.7 Å². The van der Waals surface area contributed by atoms with E-state index >= 15 is 0 Å². The Balaban J connectivity index is 2.17. The molecule has 2 N–H and O–H groups in total. The first-order valence-corrected chi connectivity index (χ1v) is 6.07. The minimum Gasteiger partial charge on any atom is -0.319 e. The second kappa shape index (κ2) is 3.25. The first-order valence-electron chi connectivity index (χ1n) is 5.08. The van der Waals surface area contributed by atoms with E-state index in [1.165, 1.54) is 0 Å². The molecule has 0 aromatic heterocycles. The predicted molar refractivity (Wildman–Crippen MR) is 60.1 cm³/mol. The zero-order valence-electron chi connectivity index (χ0n) is 8.45. The van der Waals surface area contributed by atoms with Crippen LogP contribution in [0.25, 0.3) is 0 Å². The van der Waals surface area contributed by atoms with Crippen LogP contribution in [0.1, 0.15) is 12.0 Å². The number of fused-ring (bicyclic) bond motifs is 2. The van der Waals surface area contributed by atoms with Crippen molar-refractivity contribution in [3.63, 3.8) is 0 Å². The first kappa shape index (κ1) is 9.72. The van der Waals surface area contributed by atoms with Gasteiger partial charge in [-0.1, -0.05) is 18.2 Å². The number of hydrogen-bond donors (Lipinski definition) is 2. The number of benzene rings is 1. The van der Waals surface area contributed by atoms with Gasteiger partial charge in [0.05, 0.1) is 0 Å². The van der Waals surface area contributed by atoms with Crippen LogP contribution in [0.2, 0.25) is 0 Å². The number of imide groups is 1. The predicted octanol–water partition coefficient (Wildman–Crippen LogP) is 1.22. The highest BCUT2D eigenvalue weighted by atomic mass is 32.2. The Kier molecular flexibility index (Phi) is 1.97. The lowest BCUT2D eigenvalue weighted by Crippen LogP contribution is -2.46. The summed E-state index contributed by atoms with van der Waals surface area (Å²) in [6, 6.07) is 7.33. The van der Waals surface area contributed by atoms with Crippen LogP contribution in [-0.2, 0) is 10.3 Å². The topological polar surface area (TPSA) is 58.2 Å². The normalized spacial score (nSPS) is 27.5. The Morgan fingerprint density at radius 1 is 1.25 bits per heavy atom. The second-order valence-corrected chi connectivity index (χ2v) is 5.04.